The summed E-state index contributed by atoms with van der Waals surface area (Å²) in [5.74, 6) is 0.814. The maximum atomic E-state index is 12.6. The lowest BCUT2D eigenvalue weighted by Crippen LogP contribution is -2.41. The lowest BCUT2D eigenvalue weighted by Gasteiger charge is -2.37. The molecule has 1 amide bonds. The van der Waals surface area contributed by atoms with Gasteiger partial charge in [-0.25, -0.2) is 0 Å². The van der Waals surface area contributed by atoms with Gasteiger partial charge in [0.15, 0.2) is 0 Å². The summed E-state index contributed by atoms with van der Waals surface area (Å²) < 4.78 is 5.40. The minimum Gasteiger partial charge on any atom is -0.494 e. The number of carbonyl (C=O) groups is 1. The van der Waals surface area contributed by atoms with Crippen molar-refractivity contribution in [2.24, 2.45) is 5.92 Å². The molecule has 0 spiro atoms. The van der Waals surface area contributed by atoms with E-state index in [2.05, 4.69) is 10.3 Å². The lowest BCUT2D eigenvalue weighted by atomic mass is 9.76. The number of ether oxygens (including phenoxy) is 1. The van der Waals surface area contributed by atoms with Crippen LogP contribution in [0.3, 0.4) is 0 Å². The Morgan fingerprint density at radius 1 is 1.29 bits per heavy atom. The molecular weight excluding hydrogens is 304 g/mol. The van der Waals surface area contributed by atoms with Crippen LogP contribution < -0.4 is 10.1 Å². The molecule has 2 aromatic rings. The van der Waals surface area contributed by atoms with Gasteiger partial charge in [-0.3, -0.25) is 9.78 Å². The van der Waals surface area contributed by atoms with Gasteiger partial charge in [0.1, 0.15) is 5.75 Å². The summed E-state index contributed by atoms with van der Waals surface area (Å²) in [7, 11) is 0. The van der Waals surface area contributed by atoms with E-state index in [4.69, 9.17) is 4.74 Å². The van der Waals surface area contributed by atoms with Crippen LogP contribution in [0, 0.1) is 5.92 Å². The molecule has 1 aliphatic rings. The van der Waals surface area contributed by atoms with E-state index < -0.39 is 0 Å². The van der Waals surface area contributed by atoms with Crippen LogP contribution in [0.5, 0.6) is 5.75 Å². The fourth-order valence-corrected chi connectivity index (χ4v) is 2.99. The predicted octanol–water partition coefficient (Wildman–Crippen LogP) is 2.72. The maximum absolute atomic E-state index is 12.6. The number of aliphatic hydroxyl groups is 1. The molecule has 0 aliphatic heterocycles. The van der Waals surface area contributed by atoms with Crippen LogP contribution in [0.25, 0.3) is 0 Å². The Bertz CT molecular complexity index is 667. The van der Waals surface area contributed by atoms with E-state index in [1.165, 1.54) is 0 Å². The molecule has 1 aromatic heterocycles. The summed E-state index contributed by atoms with van der Waals surface area (Å²) in [6, 6.07) is 12.6. The highest BCUT2D eigenvalue weighted by molar-refractivity contribution is 5.94. The van der Waals surface area contributed by atoms with Gasteiger partial charge in [-0.2, -0.15) is 0 Å². The molecule has 24 heavy (non-hydrogen) atoms. The highest BCUT2D eigenvalue weighted by Gasteiger charge is 2.36. The number of hydrogen-bond acceptors (Lipinski definition) is 4. The van der Waals surface area contributed by atoms with E-state index in [1.807, 2.05) is 25.1 Å². The number of pyridine rings is 1. The molecule has 1 atom stereocenters. The van der Waals surface area contributed by atoms with Crippen molar-refractivity contribution < 1.29 is 14.6 Å². The molecule has 2 N–H and O–H groups in total. The van der Waals surface area contributed by atoms with E-state index in [0.717, 1.165) is 11.4 Å². The first-order valence-electron chi connectivity index (χ1n) is 8.30. The minimum absolute atomic E-state index is 0.143. The SMILES string of the molecule is CCOc1ccc(C(=O)NC(c2ccccn2)C2CC(O)C2)cc1. The summed E-state index contributed by atoms with van der Waals surface area (Å²) >= 11 is 0. The van der Waals surface area contributed by atoms with Gasteiger partial charge in [-0.05, 0) is 62.1 Å². The normalized spacial score (nSPS) is 20.8. The third-order valence-corrected chi connectivity index (χ3v) is 4.34. The molecule has 5 nitrogen and oxygen atoms in total. The van der Waals surface area contributed by atoms with Crippen LogP contribution in [-0.2, 0) is 0 Å². The van der Waals surface area contributed by atoms with Crippen molar-refractivity contribution in [3.05, 3.63) is 59.9 Å². The van der Waals surface area contributed by atoms with E-state index in [1.54, 1.807) is 30.5 Å². The molecular formula is C19H22N2O3. The molecule has 1 aliphatic carbocycles. The number of nitrogens with zero attached hydrogens (tertiary/aromatic N) is 1. The number of benzene rings is 1. The van der Waals surface area contributed by atoms with Gasteiger partial charge in [0.25, 0.3) is 5.91 Å². The van der Waals surface area contributed by atoms with Crippen LogP contribution in [-0.4, -0.2) is 28.7 Å². The molecule has 5 heteroatoms. The zero-order chi connectivity index (χ0) is 16.9. The zero-order valence-electron chi connectivity index (χ0n) is 13.7. The highest BCUT2D eigenvalue weighted by Crippen LogP contribution is 2.37. The number of carbonyl (C=O) groups excluding carboxylic acids is 1. The fourth-order valence-electron chi connectivity index (χ4n) is 2.99. The fraction of sp³-hybridized carbons (Fsp3) is 0.368. The molecule has 1 aromatic carbocycles. The lowest BCUT2D eigenvalue weighted by molar-refractivity contribution is 0.0228. The van der Waals surface area contributed by atoms with Crippen molar-refractivity contribution in [2.45, 2.75) is 31.9 Å². The van der Waals surface area contributed by atoms with Crippen molar-refractivity contribution in [1.29, 1.82) is 0 Å². The number of rotatable bonds is 6. The molecule has 1 fully saturated rings. The second-order valence-electron chi connectivity index (χ2n) is 6.05. The first-order valence-corrected chi connectivity index (χ1v) is 8.30. The van der Waals surface area contributed by atoms with E-state index in [9.17, 15) is 9.90 Å². The third kappa shape index (κ3) is 3.74. The Balaban J connectivity index is 1.73. The summed E-state index contributed by atoms with van der Waals surface area (Å²) in [5, 5.41) is 12.7. The topological polar surface area (TPSA) is 71.5 Å². The van der Waals surface area contributed by atoms with Gasteiger partial charge in [0.05, 0.1) is 24.4 Å². The van der Waals surface area contributed by atoms with Crippen molar-refractivity contribution >= 4 is 5.91 Å². The van der Waals surface area contributed by atoms with E-state index >= 15 is 0 Å². The largest absolute Gasteiger partial charge is 0.494 e. The Labute approximate surface area is 141 Å². The second-order valence-corrected chi connectivity index (χ2v) is 6.05. The Kier molecular flexibility index (Phi) is 5.11. The van der Waals surface area contributed by atoms with Gasteiger partial charge in [0, 0.05) is 11.8 Å². The third-order valence-electron chi connectivity index (χ3n) is 4.34. The summed E-state index contributed by atoms with van der Waals surface area (Å²) in [5.41, 5.74) is 1.41. The van der Waals surface area contributed by atoms with Gasteiger partial charge < -0.3 is 15.2 Å². The molecule has 1 heterocycles. The summed E-state index contributed by atoms with van der Waals surface area (Å²) in [4.78, 5) is 17.0. The summed E-state index contributed by atoms with van der Waals surface area (Å²) in [6.45, 7) is 2.52. The Morgan fingerprint density at radius 3 is 2.62 bits per heavy atom. The van der Waals surface area contributed by atoms with Crippen LogP contribution in [0.1, 0.15) is 41.9 Å². The molecule has 3 rings (SSSR count). The van der Waals surface area contributed by atoms with Crippen molar-refractivity contribution in [2.75, 3.05) is 6.61 Å². The monoisotopic (exact) mass is 326 g/mol. The van der Waals surface area contributed by atoms with Gasteiger partial charge >= 0.3 is 0 Å². The maximum Gasteiger partial charge on any atom is 0.251 e. The molecule has 0 bridgehead atoms. The van der Waals surface area contributed by atoms with Crippen LogP contribution in [0.4, 0.5) is 0 Å². The highest BCUT2D eigenvalue weighted by atomic mass is 16.5. The Morgan fingerprint density at radius 2 is 2.04 bits per heavy atom. The van der Waals surface area contributed by atoms with Gasteiger partial charge in [0.2, 0.25) is 0 Å². The van der Waals surface area contributed by atoms with Gasteiger partial charge in [-0.1, -0.05) is 6.07 Å². The van der Waals surface area contributed by atoms with Gasteiger partial charge in [-0.15, -0.1) is 0 Å². The molecule has 1 saturated carbocycles. The molecule has 0 saturated heterocycles. The minimum atomic E-state index is -0.274. The predicted molar refractivity (Wildman–Crippen MR) is 90.8 cm³/mol. The van der Waals surface area contributed by atoms with E-state index in [0.29, 0.717) is 25.0 Å². The molecule has 0 radical (unpaired) electrons. The van der Waals surface area contributed by atoms with Crippen LogP contribution in [0.15, 0.2) is 48.7 Å². The van der Waals surface area contributed by atoms with Crippen molar-refractivity contribution in [3.8, 4) is 5.75 Å². The van der Waals surface area contributed by atoms with E-state index in [-0.39, 0.29) is 24.0 Å². The average Bonchev–Trinajstić information content (AvgIpc) is 2.59. The first-order chi connectivity index (χ1) is 11.7. The molecule has 126 valence electrons. The first kappa shape index (κ1) is 16.5. The average molecular weight is 326 g/mol. The van der Waals surface area contributed by atoms with Crippen molar-refractivity contribution in [1.82, 2.24) is 10.3 Å². The van der Waals surface area contributed by atoms with Crippen LogP contribution in [0.2, 0.25) is 0 Å². The summed E-state index contributed by atoms with van der Waals surface area (Å²) in [6.07, 6.45) is 2.82. The molecule has 1 unspecified atom stereocenters. The quantitative estimate of drug-likeness (QED) is 0.856. The number of nitrogens with one attached hydrogen (secondary N) is 1. The van der Waals surface area contributed by atoms with Crippen molar-refractivity contribution in [3.63, 3.8) is 0 Å². The smallest absolute Gasteiger partial charge is 0.251 e. The number of aromatic nitrogens is 1. The number of aliphatic hydroxyl groups excluding tert-OH is 1. The second kappa shape index (κ2) is 7.45. The number of hydrogen-bond donors (Lipinski definition) is 2. The van der Waals surface area contributed by atoms with Crippen LogP contribution >= 0.6 is 0 Å². The Hall–Kier alpha value is -2.40. The zero-order valence-corrected chi connectivity index (χ0v) is 13.7. The standard InChI is InChI=1S/C19H22N2O3/c1-2-24-16-8-6-13(7-9-16)19(23)21-18(14-11-15(22)12-14)17-5-3-4-10-20-17/h3-10,14-15,18,22H,2,11-12H2,1H3,(H,21,23). The number of amides is 1.